The first-order valence-electron chi connectivity index (χ1n) is 3.21. The van der Waals surface area contributed by atoms with Crippen molar-refractivity contribution >= 4 is 45.2 Å². The summed E-state index contributed by atoms with van der Waals surface area (Å²) < 4.78 is 7.27. The molecule has 0 aliphatic carbocycles. The second-order valence-electron chi connectivity index (χ2n) is 2.09. The van der Waals surface area contributed by atoms with Crippen LogP contribution < -0.4 is 0 Å². The summed E-state index contributed by atoms with van der Waals surface area (Å²) in [5.41, 5.74) is 1.24. The van der Waals surface area contributed by atoms with E-state index in [2.05, 4.69) is 63.4 Å². The van der Waals surface area contributed by atoms with E-state index in [-0.39, 0.29) is 0 Å². The number of hydrogen-bond acceptors (Lipinski definition) is 1. The molecule has 0 N–H and O–H groups in total. The molecule has 0 saturated heterocycles. The smallest absolute Gasteiger partial charge is 0.0983 e. The van der Waals surface area contributed by atoms with Gasteiger partial charge < -0.3 is 4.74 Å². The van der Waals surface area contributed by atoms with Gasteiger partial charge >= 0.3 is 0 Å². The van der Waals surface area contributed by atoms with E-state index >= 15 is 0 Å². The predicted molar refractivity (Wildman–Crippen MR) is 62.8 cm³/mol. The Hall–Kier alpha value is 0.640. The fraction of sp³-hybridized carbons (Fsp3) is 0.250. The van der Waals surface area contributed by atoms with Crippen molar-refractivity contribution in [3.8, 4) is 0 Å². The van der Waals surface area contributed by atoms with Crippen molar-refractivity contribution in [2.24, 2.45) is 0 Å². The molecule has 1 nitrogen and oxygen atoms in total. The zero-order valence-corrected chi connectivity index (χ0v) is 10.2. The number of hydrogen-bond donors (Lipinski definition) is 0. The number of alkyl halides is 1. The summed E-state index contributed by atoms with van der Waals surface area (Å²) >= 11 is 4.50. The summed E-state index contributed by atoms with van der Waals surface area (Å²) in [5.74, 6) is 0. The molecule has 0 radical (unpaired) electrons. The van der Waals surface area contributed by atoms with Crippen LogP contribution >= 0.6 is 45.2 Å². The quantitative estimate of drug-likeness (QED) is 0.584. The number of rotatable bonds is 3. The third-order valence-electron chi connectivity index (χ3n) is 1.23. The maximum absolute atomic E-state index is 5.26. The van der Waals surface area contributed by atoms with Crippen molar-refractivity contribution in [3.63, 3.8) is 0 Å². The maximum atomic E-state index is 5.26. The van der Waals surface area contributed by atoms with Crippen molar-refractivity contribution in [3.05, 3.63) is 33.4 Å². The third-order valence-corrected chi connectivity index (χ3v) is 2.35. The minimum Gasteiger partial charge on any atom is -0.366 e. The Morgan fingerprint density at radius 3 is 2.82 bits per heavy atom. The summed E-state index contributed by atoms with van der Waals surface area (Å²) in [4.78, 5) is 0. The molecule has 0 amide bonds. The second kappa shape index (κ2) is 5.31. The molecule has 1 aromatic rings. The number of benzene rings is 1. The van der Waals surface area contributed by atoms with Crippen molar-refractivity contribution in [1.29, 1.82) is 0 Å². The number of ether oxygens (including phenoxy) is 1. The van der Waals surface area contributed by atoms with Gasteiger partial charge in [-0.1, -0.05) is 34.7 Å². The molecule has 0 aliphatic heterocycles. The van der Waals surface area contributed by atoms with Crippen LogP contribution in [0.1, 0.15) is 5.56 Å². The minimum atomic E-state index is 0.722. The highest BCUT2D eigenvalue weighted by Crippen LogP contribution is 2.08. The Morgan fingerprint density at radius 2 is 2.18 bits per heavy atom. The molecule has 0 saturated carbocycles. The van der Waals surface area contributed by atoms with Crippen LogP contribution in [-0.2, 0) is 11.3 Å². The lowest BCUT2D eigenvalue weighted by molar-refractivity contribution is 0.177. The topological polar surface area (TPSA) is 9.23 Å². The van der Waals surface area contributed by atoms with Crippen LogP contribution in [0.15, 0.2) is 24.3 Å². The Labute approximate surface area is 93.8 Å². The van der Waals surface area contributed by atoms with Gasteiger partial charge in [-0.05, 0) is 40.3 Å². The standard InChI is InChI=1S/C8H8I2O/c9-6-11-5-7-2-1-3-8(10)4-7/h1-4H,5-6H2. The van der Waals surface area contributed by atoms with Gasteiger partial charge in [0, 0.05) is 3.57 Å². The highest BCUT2D eigenvalue weighted by atomic mass is 127. The molecule has 0 aliphatic rings. The fourth-order valence-corrected chi connectivity index (χ4v) is 1.61. The normalized spacial score (nSPS) is 10.0. The lowest BCUT2D eigenvalue weighted by Crippen LogP contribution is -1.89. The summed E-state index contributed by atoms with van der Waals surface area (Å²) in [5, 5.41) is 0. The van der Waals surface area contributed by atoms with Crippen LogP contribution in [-0.4, -0.2) is 4.61 Å². The van der Waals surface area contributed by atoms with E-state index in [4.69, 9.17) is 4.74 Å². The number of halogens is 2. The van der Waals surface area contributed by atoms with Crippen LogP contribution in [0, 0.1) is 3.57 Å². The van der Waals surface area contributed by atoms with Gasteiger partial charge in [-0.3, -0.25) is 0 Å². The van der Waals surface area contributed by atoms with E-state index in [1.165, 1.54) is 9.13 Å². The first kappa shape index (κ1) is 9.73. The van der Waals surface area contributed by atoms with Crippen LogP contribution in [0.5, 0.6) is 0 Å². The van der Waals surface area contributed by atoms with Crippen molar-refractivity contribution in [2.75, 3.05) is 4.61 Å². The highest BCUT2D eigenvalue weighted by Gasteiger charge is 1.91. The maximum Gasteiger partial charge on any atom is 0.0983 e. The average molecular weight is 374 g/mol. The van der Waals surface area contributed by atoms with Crippen molar-refractivity contribution in [1.82, 2.24) is 0 Å². The van der Waals surface area contributed by atoms with Crippen LogP contribution in [0.25, 0.3) is 0 Å². The Bertz CT molecular complexity index is 225. The van der Waals surface area contributed by atoms with Gasteiger partial charge in [-0.25, -0.2) is 0 Å². The van der Waals surface area contributed by atoms with Crippen molar-refractivity contribution in [2.45, 2.75) is 6.61 Å². The van der Waals surface area contributed by atoms with Crippen LogP contribution in [0.3, 0.4) is 0 Å². The lowest BCUT2D eigenvalue weighted by atomic mass is 10.2. The van der Waals surface area contributed by atoms with E-state index < -0.39 is 0 Å². The van der Waals surface area contributed by atoms with Gasteiger partial charge in [-0.15, -0.1) is 0 Å². The molecule has 0 unspecified atom stereocenters. The van der Waals surface area contributed by atoms with Gasteiger partial charge in [0.2, 0.25) is 0 Å². The summed E-state index contributed by atoms with van der Waals surface area (Å²) in [7, 11) is 0. The third kappa shape index (κ3) is 3.71. The molecular weight excluding hydrogens is 366 g/mol. The molecule has 1 rings (SSSR count). The zero-order chi connectivity index (χ0) is 8.10. The molecule has 11 heavy (non-hydrogen) atoms. The van der Waals surface area contributed by atoms with Gasteiger partial charge in [-0.2, -0.15) is 0 Å². The Kier molecular flexibility index (Phi) is 4.70. The fourth-order valence-electron chi connectivity index (χ4n) is 0.783. The highest BCUT2D eigenvalue weighted by molar-refractivity contribution is 14.1. The molecule has 60 valence electrons. The van der Waals surface area contributed by atoms with E-state index in [0.29, 0.717) is 0 Å². The molecule has 0 atom stereocenters. The van der Waals surface area contributed by atoms with Crippen molar-refractivity contribution < 1.29 is 4.74 Å². The largest absolute Gasteiger partial charge is 0.366 e. The second-order valence-corrected chi connectivity index (χ2v) is 3.96. The summed E-state index contributed by atoms with van der Waals surface area (Å²) in [6.07, 6.45) is 0. The molecule has 1 aromatic carbocycles. The molecule has 0 aromatic heterocycles. The first-order chi connectivity index (χ1) is 5.33. The molecule has 0 spiro atoms. The van der Waals surface area contributed by atoms with Gasteiger partial charge in [0.15, 0.2) is 0 Å². The first-order valence-corrected chi connectivity index (χ1v) is 5.81. The molecule has 0 bridgehead atoms. The Balaban J connectivity index is 2.56. The Morgan fingerprint density at radius 1 is 1.36 bits per heavy atom. The van der Waals surface area contributed by atoms with E-state index in [1.807, 2.05) is 6.07 Å². The van der Waals surface area contributed by atoms with Gasteiger partial charge in [0.05, 0.1) is 11.2 Å². The molecule has 0 fully saturated rings. The van der Waals surface area contributed by atoms with Crippen LogP contribution in [0.4, 0.5) is 0 Å². The van der Waals surface area contributed by atoms with E-state index in [1.54, 1.807) is 0 Å². The minimum absolute atomic E-state index is 0.722. The van der Waals surface area contributed by atoms with Gasteiger partial charge in [0.25, 0.3) is 0 Å². The monoisotopic (exact) mass is 374 g/mol. The van der Waals surface area contributed by atoms with Crippen LogP contribution in [0.2, 0.25) is 0 Å². The molecular formula is C8H8I2O. The zero-order valence-electron chi connectivity index (χ0n) is 5.89. The van der Waals surface area contributed by atoms with Gasteiger partial charge in [0.1, 0.15) is 0 Å². The molecule has 0 heterocycles. The van der Waals surface area contributed by atoms with E-state index in [0.717, 1.165) is 11.2 Å². The summed E-state index contributed by atoms with van der Waals surface area (Å²) in [6.45, 7) is 0.722. The average Bonchev–Trinajstić information content (AvgIpc) is 2.01. The van der Waals surface area contributed by atoms with E-state index in [9.17, 15) is 0 Å². The predicted octanol–water partition coefficient (Wildman–Crippen LogP) is 3.20. The summed E-state index contributed by atoms with van der Waals surface area (Å²) in [6, 6.07) is 8.34. The SMILES string of the molecule is ICOCc1cccc(I)c1. The lowest BCUT2D eigenvalue weighted by Gasteiger charge is -2.00. The molecule has 3 heteroatoms.